The van der Waals surface area contributed by atoms with Crippen molar-refractivity contribution in [1.82, 2.24) is 0 Å². The normalized spacial score (nSPS) is 36.9. The van der Waals surface area contributed by atoms with Crippen molar-refractivity contribution >= 4 is 23.9 Å². The fourth-order valence-corrected chi connectivity index (χ4v) is 4.14. The van der Waals surface area contributed by atoms with Crippen molar-refractivity contribution in [2.75, 3.05) is 20.3 Å². The van der Waals surface area contributed by atoms with Crippen LogP contribution >= 0.6 is 0 Å². The minimum absolute atomic E-state index is 0.250. The van der Waals surface area contributed by atoms with Crippen molar-refractivity contribution in [2.24, 2.45) is 0 Å². The highest BCUT2D eigenvalue weighted by Gasteiger charge is 2.55. The quantitative estimate of drug-likeness (QED) is 0.321. The zero-order chi connectivity index (χ0) is 25.0. The highest BCUT2D eigenvalue weighted by molar-refractivity contribution is 5.68. The molecule has 13 heteroatoms. The molecule has 2 bridgehead atoms. The maximum Gasteiger partial charge on any atom is 0.303 e. The highest BCUT2D eigenvalue weighted by Crippen LogP contribution is 2.35. The highest BCUT2D eigenvalue weighted by atomic mass is 16.8. The van der Waals surface area contributed by atoms with E-state index < -0.39 is 79.2 Å². The first-order chi connectivity index (χ1) is 16.1. The van der Waals surface area contributed by atoms with E-state index in [9.17, 15) is 19.2 Å². The van der Waals surface area contributed by atoms with Crippen molar-refractivity contribution in [3.63, 3.8) is 0 Å². The molecule has 9 atom stereocenters. The number of carbonyl (C=O) groups is 4. The van der Waals surface area contributed by atoms with Crippen LogP contribution in [0.15, 0.2) is 0 Å². The average molecular weight is 490 g/mol. The molecule has 192 valence electrons. The summed E-state index contributed by atoms with van der Waals surface area (Å²) in [4.78, 5) is 47.0. The monoisotopic (exact) mass is 490 g/mol. The Bertz CT molecular complexity index is 770. The Kier molecular flexibility index (Phi) is 8.82. The van der Waals surface area contributed by atoms with Crippen LogP contribution in [-0.2, 0) is 61.8 Å². The Morgan fingerprint density at radius 2 is 1.41 bits per heavy atom. The van der Waals surface area contributed by atoms with E-state index >= 15 is 0 Å². The Hall–Kier alpha value is -2.32. The van der Waals surface area contributed by atoms with Gasteiger partial charge in [-0.3, -0.25) is 19.2 Å². The topological polar surface area (TPSA) is 151 Å². The lowest BCUT2D eigenvalue weighted by Gasteiger charge is -2.45. The van der Waals surface area contributed by atoms with E-state index in [1.807, 2.05) is 0 Å². The van der Waals surface area contributed by atoms with Crippen LogP contribution in [0.5, 0.6) is 0 Å². The van der Waals surface area contributed by atoms with Gasteiger partial charge in [0.25, 0.3) is 0 Å². The third-order valence-electron chi connectivity index (χ3n) is 5.48. The van der Waals surface area contributed by atoms with Crippen LogP contribution in [0.1, 0.15) is 34.1 Å². The van der Waals surface area contributed by atoms with E-state index in [4.69, 9.17) is 42.6 Å². The van der Waals surface area contributed by atoms with E-state index in [0.717, 1.165) is 20.8 Å². The van der Waals surface area contributed by atoms with Gasteiger partial charge in [0, 0.05) is 41.2 Å². The molecule has 3 heterocycles. The van der Waals surface area contributed by atoms with Gasteiger partial charge in [-0.05, 0) is 0 Å². The molecule has 0 aromatic heterocycles. The standard InChI is InChI=1S/C21H30O13/c1-9(22)27-8-16-17(29-10(2)23)18(30-11(3)24)19(31-12(4)25)21(34-16)32-13-6-14(26-5)20-28-7-15(13)33-20/h13-21H,6-8H2,1-5H3/t13-,14+,15+,16+,17+,18-,19+,20+,21+/m0/s1. The molecule has 13 nitrogen and oxygen atoms in total. The maximum atomic E-state index is 11.9. The van der Waals surface area contributed by atoms with Gasteiger partial charge in [0.15, 0.2) is 30.9 Å². The number of esters is 4. The molecule has 0 amide bonds. The van der Waals surface area contributed by atoms with Gasteiger partial charge in [-0.2, -0.15) is 0 Å². The molecule has 3 fully saturated rings. The maximum absolute atomic E-state index is 11.9. The summed E-state index contributed by atoms with van der Waals surface area (Å²) in [5.74, 6) is -2.75. The molecule has 0 aliphatic carbocycles. The number of rotatable bonds is 8. The van der Waals surface area contributed by atoms with Crippen molar-refractivity contribution in [3.8, 4) is 0 Å². The number of ether oxygens (including phenoxy) is 9. The van der Waals surface area contributed by atoms with Crippen molar-refractivity contribution in [2.45, 2.75) is 89.4 Å². The van der Waals surface area contributed by atoms with E-state index in [1.165, 1.54) is 14.0 Å². The number of hydrogen-bond donors (Lipinski definition) is 0. The van der Waals surface area contributed by atoms with Crippen molar-refractivity contribution < 1.29 is 61.8 Å². The molecule has 0 aromatic rings. The molecule has 3 rings (SSSR count). The summed E-state index contributed by atoms with van der Waals surface area (Å²) in [5, 5.41) is 0. The Morgan fingerprint density at radius 3 is 2.00 bits per heavy atom. The molecule has 0 spiro atoms. The Labute approximate surface area is 196 Å². The molecule has 0 unspecified atom stereocenters. The fourth-order valence-electron chi connectivity index (χ4n) is 4.14. The van der Waals surface area contributed by atoms with Gasteiger partial charge in [-0.1, -0.05) is 0 Å². The van der Waals surface area contributed by atoms with Crippen LogP contribution in [0.4, 0.5) is 0 Å². The lowest BCUT2D eigenvalue weighted by atomic mass is 9.97. The molecule has 0 aromatic carbocycles. The smallest absolute Gasteiger partial charge is 0.303 e. The van der Waals surface area contributed by atoms with Crippen LogP contribution in [0.3, 0.4) is 0 Å². The second kappa shape index (κ2) is 11.4. The van der Waals surface area contributed by atoms with Gasteiger partial charge in [0.05, 0.1) is 12.7 Å². The lowest BCUT2D eigenvalue weighted by Crippen LogP contribution is -2.64. The summed E-state index contributed by atoms with van der Waals surface area (Å²) in [6, 6.07) is 0. The molecule has 0 N–H and O–H groups in total. The zero-order valence-corrected chi connectivity index (χ0v) is 19.6. The van der Waals surface area contributed by atoms with Crippen LogP contribution in [0.25, 0.3) is 0 Å². The van der Waals surface area contributed by atoms with Gasteiger partial charge in [0.2, 0.25) is 0 Å². The van der Waals surface area contributed by atoms with E-state index in [0.29, 0.717) is 6.42 Å². The molecular formula is C21H30O13. The van der Waals surface area contributed by atoms with Crippen molar-refractivity contribution in [1.29, 1.82) is 0 Å². The second-order valence-electron chi connectivity index (χ2n) is 8.13. The van der Waals surface area contributed by atoms with Gasteiger partial charge in [-0.25, -0.2) is 0 Å². The summed E-state index contributed by atoms with van der Waals surface area (Å²) in [5.41, 5.74) is 0. The van der Waals surface area contributed by atoms with Crippen molar-refractivity contribution in [3.05, 3.63) is 0 Å². The number of fused-ring (bicyclic) bond motifs is 2. The fraction of sp³-hybridized carbons (Fsp3) is 0.810. The molecule has 0 radical (unpaired) electrons. The Morgan fingerprint density at radius 1 is 0.794 bits per heavy atom. The molecule has 3 saturated heterocycles. The largest absolute Gasteiger partial charge is 0.463 e. The first kappa shape index (κ1) is 26.3. The summed E-state index contributed by atoms with van der Waals surface area (Å²) < 4.78 is 50.1. The zero-order valence-electron chi connectivity index (χ0n) is 19.6. The van der Waals surface area contributed by atoms with Gasteiger partial charge < -0.3 is 42.6 Å². The van der Waals surface area contributed by atoms with Crippen LogP contribution in [0, 0.1) is 0 Å². The van der Waals surface area contributed by atoms with E-state index in [1.54, 1.807) is 0 Å². The third kappa shape index (κ3) is 6.42. The molecular weight excluding hydrogens is 460 g/mol. The summed E-state index contributed by atoms with van der Waals surface area (Å²) >= 11 is 0. The Balaban J connectivity index is 1.91. The third-order valence-corrected chi connectivity index (χ3v) is 5.48. The van der Waals surface area contributed by atoms with E-state index in [2.05, 4.69) is 0 Å². The molecule has 3 aliphatic heterocycles. The van der Waals surface area contributed by atoms with Crippen LogP contribution in [-0.4, -0.2) is 99.5 Å². The average Bonchev–Trinajstić information content (AvgIpc) is 3.16. The number of carbonyl (C=O) groups excluding carboxylic acids is 4. The first-order valence-corrected chi connectivity index (χ1v) is 10.8. The number of hydrogen-bond acceptors (Lipinski definition) is 13. The summed E-state index contributed by atoms with van der Waals surface area (Å²) in [7, 11) is 1.52. The van der Waals surface area contributed by atoms with Gasteiger partial charge in [-0.15, -0.1) is 0 Å². The van der Waals surface area contributed by atoms with Crippen LogP contribution < -0.4 is 0 Å². The minimum Gasteiger partial charge on any atom is -0.463 e. The number of methoxy groups -OCH3 is 1. The second-order valence-corrected chi connectivity index (χ2v) is 8.13. The molecule has 0 saturated carbocycles. The lowest BCUT2D eigenvalue weighted by molar-refractivity contribution is -0.329. The predicted octanol–water partition coefficient (Wildman–Crippen LogP) is -0.385. The predicted molar refractivity (Wildman–Crippen MR) is 107 cm³/mol. The molecule has 34 heavy (non-hydrogen) atoms. The van der Waals surface area contributed by atoms with E-state index in [-0.39, 0.29) is 13.2 Å². The first-order valence-electron chi connectivity index (χ1n) is 10.8. The summed E-state index contributed by atoms with van der Waals surface area (Å²) in [6.07, 6.45) is -7.82. The minimum atomic E-state index is -1.31. The van der Waals surface area contributed by atoms with Gasteiger partial charge in [0.1, 0.15) is 24.9 Å². The molecule has 3 aliphatic rings. The SMILES string of the molecule is CO[C@@H]1C[C@H](O[C@@H]2O[C@H](COC(C)=O)[C@@H](OC(C)=O)[C@H](OC(C)=O)[C@H]2OC(C)=O)[C@H]2CO[C@@H]1O2. The van der Waals surface area contributed by atoms with Crippen LogP contribution in [0.2, 0.25) is 0 Å². The van der Waals surface area contributed by atoms with Gasteiger partial charge >= 0.3 is 23.9 Å². The summed E-state index contributed by atoms with van der Waals surface area (Å²) in [6.45, 7) is 4.57.